The Bertz CT molecular complexity index is 3000. The Morgan fingerprint density at radius 3 is 1.41 bits per heavy atom. The Kier molecular flexibility index (Phi) is 7.14. The predicted molar refractivity (Wildman–Crippen MR) is 235 cm³/mol. The molecule has 0 fully saturated rings. The number of hydrogen-bond donors (Lipinski definition) is 0. The van der Waals surface area contributed by atoms with Crippen molar-refractivity contribution in [2.24, 2.45) is 0 Å². The Morgan fingerprint density at radius 1 is 0.310 bits per heavy atom. The second kappa shape index (κ2) is 12.7. The minimum absolute atomic E-state index is 0.458. The summed E-state index contributed by atoms with van der Waals surface area (Å²) in [5, 5.41) is 0. The SMILES string of the molecule is c1ccc(-c2ccc(-c3ccc(N(c4ccccc4)c4cccc5c4Oc4ccc6c(c4O5)-c4ccccc4C64c5ccccc5-c5ccccc54)cc3)cc2)cc1. The molecule has 0 bridgehead atoms. The second-order valence-electron chi connectivity index (χ2n) is 15.2. The molecule has 1 spiro atoms. The molecule has 0 amide bonds. The molecule has 58 heavy (non-hydrogen) atoms. The molecule has 3 heteroatoms. The summed E-state index contributed by atoms with van der Waals surface area (Å²) in [7, 11) is 0. The van der Waals surface area contributed by atoms with Crippen LogP contribution in [0.4, 0.5) is 17.1 Å². The molecular weight excluding hydrogens is 707 g/mol. The average Bonchev–Trinajstić information content (AvgIpc) is 3.77. The minimum Gasteiger partial charge on any atom is -0.449 e. The zero-order valence-electron chi connectivity index (χ0n) is 31.5. The summed E-state index contributed by atoms with van der Waals surface area (Å²) >= 11 is 0. The van der Waals surface area contributed by atoms with Gasteiger partial charge in [-0.2, -0.15) is 0 Å². The van der Waals surface area contributed by atoms with Crippen molar-refractivity contribution in [1.82, 2.24) is 0 Å². The first-order valence-electron chi connectivity index (χ1n) is 19.8. The summed E-state index contributed by atoms with van der Waals surface area (Å²) in [6, 6.07) is 75.6. The molecule has 0 atom stereocenters. The highest BCUT2D eigenvalue weighted by Gasteiger charge is 2.53. The van der Waals surface area contributed by atoms with Crippen LogP contribution in [0.3, 0.4) is 0 Å². The van der Waals surface area contributed by atoms with Crippen molar-refractivity contribution in [3.63, 3.8) is 0 Å². The van der Waals surface area contributed by atoms with Gasteiger partial charge in [-0.3, -0.25) is 0 Å². The number of ether oxygens (including phenoxy) is 2. The highest BCUT2D eigenvalue weighted by atomic mass is 16.6. The summed E-state index contributed by atoms with van der Waals surface area (Å²) in [4.78, 5) is 2.25. The van der Waals surface area contributed by atoms with E-state index in [0.717, 1.165) is 33.9 Å². The van der Waals surface area contributed by atoms with Gasteiger partial charge in [0.15, 0.2) is 23.0 Å². The Hall–Kier alpha value is -7.62. The number of anilines is 3. The van der Waals surface area contributed by atoms with Crippen LogP contribution in [-0.4, -0.2) is 0 Å². The van der Waals surface area contributed by atoms with E-state index in [-0.39, 0.29) is 0 Å². The van der Waals surface area contributed by atoms with Crippen LogP contribution in [-0.2, 0) is 5.41 Å². The van der Waals surface area contributed by atoms with Crippen LogP contribution in [0.2, 0.25) is 0 Å². The van der Waals surface area contributed by atoms with Crippen LogP contribution in [0.5, 0.6) is 23.0 Å². The largest absolute Gasteiger partial charge is 0.449 e. The van der Waals surface area contributed by atoms with Crippen LogP contribution in [0.25, 0.3) is 44.5 Å². The van der Waals surface area contributed by atoms with Crippen molar-refractivity contribution in [3.8, 4) is 67.5 Å². The third-order valence-electron chi connectivity index (χ3n) is 12.2. The highest BCUT2D eigenvalue weighted by molar-refractivity contribution is 5.98. The molecule has 2 aliphatic carbocycles. The summed E-state index contributed by atoms with van der Waals surface area (Å²) < 4.78 is 14.1. The molecule has 0 saturated heterocycles. The standard InChI is InChI=1S/C55H35NO2/c1-3-14-36(15-4-1)37-26-28-38(29-27-37)39-30-32-41(33-31-39)56(40-16-5-2-6-17-40)49-24-13-25-50-53(49)57-51-35-34-48-52(54(51)58-50)44-20-9-12-23-47(44)55(48)45-21-10-7-18-42(45)43-19-8-11-22-46(43)55/h1-35H. The smallest absolute Gasteiger partial charge is 0.194 e. The highest BCUT2D eigenvalue weighted by Crippen LogP contribution is 2.66. The van der Waals surface area contributed by atoms with Crippen molar-refractivity contribution in [2.75, 3.05) is 4.90 Å². The molecule has 0 radical (unpaired) electrons. The molecule has 1 heterocycles. The van der Waals surface area contributed by atoms with Crippen LogP contribution >= 0.6 is 0 Å². The number of nitrogens with zero attached hydrogens (tertiary/aromatic N) is 1. The summed E-state index contributed by atoms with van der Waals surface area (Å²) in [6.45, 7) is 0. The lowest BCUT2D eigenvalue weighted by Gasteiger charge is -2.32. The number of para-hydroxylation sites is 2. The Labute approximate surface area is 337 Å². The first kappa shape index (κ1) is 32.6. The molecule has 3 nitrogen and oxygen atoms in total. The van der Waals surface area contributed by atoms with Crippen molar-refractivity contribution in [2.45, 2.75) is 5.41 Å². The molecule has 0 N–H and O–H groups in total. The van der Waals surface area contributed by atoms with E-state index in [2.05, 4.69) is 205 Å². The first-order chi connectivity index (χ1) is 28.8. The van der Waals surface area contributed by atoms with E-state index in [9.17, 15) is 0 Å². The molecule has 12 rings (SSSR count). The van der Waals surface area contributed by atoms with Crippen molar-refractivity contribution >= 4 is 17.1 Å². The van der Waals surface area contributed by atoms with Gasteiger partial charge in [-0.15, -0.1) is 0 Å². The third kappa shape index (κ3) is 4.68. The number of benzene rings is 9. The van der Waals surface area contributed by atoms with E-state index in [1.807, 2.05) is 12.1 Å². The van der Waals surface area contributed by atoms with Gasteiger partial charge in [-0.05, 0) is 104 Å². The van der Waals surface area contributed by atoms with Gasteiger partial charge in [-0.25, -0.2) is 0 Å². The molecule has 3 aliphatic rings. The number of fused-ring (bicyclic) bond motifs is 13. The van der Waals surface area contributed by atoms with E-state index in [1.165, 1.54) is 55.6 Å². The summed E-state index contributed by atoms with van der Waals surface area (Å²) in [5.41, 5.74) is 17.1. The molecular formula is C55H35NO2. The Balaban J connectivity index is 0.956. The fourth-order valence-electron chi connectivity index (χ4n) is 9.69. The third-order valence-corrected chi connectivity index (χ3v) is 12.2. The van der Waals surface area contributed by atoms with Crippen molar-refractivity contribution in [1.29, 1.82) is 0 Å². The Morgan fingerprint density at radius 2 is 0.776 bits per heavy atom. The quantitative estimate of drug-likeness (QED) is 0.175. The lowest BCUT2D eigenvalue weighted by molar-refractivity contribution is 0.361. The predicted octanol–water partition coefficient (Wildman–Crippen LogP) is 14.7. The molecule has 0 saturated carbocycles. The van der Waals surface area contributed by atoms with Gasteiger partial charge in [0.1, 0.15) is 0 Å². The molecule has 0 unspecified atom stereocenters. The molecule has 0 aromatic heterocycles. The van der Waals surface area contributed by atoms with Gasteiger partial charge in [0.05, 0.1) is 11.1 Å². The minimum atomic E-state index is -0.458. The van der Waals surface area contributed by atoms with E-state index in [0.29, 0.717) is 17.2 Å². The number of rotatable bonds is 5. The molecule has 1 aliphatic heterocycles. The maximum atomic E-state index is 7.09. The van der Waals surface area contributed by atoms with E-state index in [4.69, 9.17) is 9.47 Å². The van der Waals surface area contributed by atoms with E-state index >= 15 is 0 Å². The van der Waals surface area contributed by atoms with E-state index < -0.39 is 5.41 Å². The van der Waals surface area contributed by atoms with E-state index in [1.54, 1.807) is 0 Å². The van der Waals surface area contributed by atoms with Gasteiger partial charge in [0.2, 0.25) is 0 Å². The molecule has 272 valence electrons. The lowest BCUT2D eigenvalue weighted by atomic mass is 9.70. The molecule has 9 aromatic rings. The monoisotopic (exact) mass is 741 g/mol. The van der Waals surface area contributed by atoms with Crippen LogP contribution in [0.15, 0.2) is 212 Å². The fraction of sp³-hybridized carbons (Fsp3) is 0.0182. The topological polar surface area (TPSA) is 21.7 Å². The number of hydrogen-bond acceptors (Lipinski definition) is 3. The first-order valence-corrected chi connectivity index (χ1v) is 19.8. The summed E-state index contributed by atoms with van der Waals surface area (Å²) in [5.74, 6) is 2.81. The van der Waals surface area contributed by atoms with Crippen molar-refractivity contribution in [3.05, 3.63) is 235 Å². The zero-order valence-corrected chi connectivity index (χ0v) is 31.5. The van der Waals surface area contributed by atoms with Gasteiger partial charge in [-0.1, -0.05) is 170 Å². The normalized spacial score (nSPS) is 13.2. The van der Waals surface area contributed by atoms with Gasteiger partial charge in [0.25, 0.3) is 0 Å². The summed E-state index contributed by atoms with van der Waals surface area (Å²) in [6.07, 6.45) is 0. The maximum absolute atomic E-state index is 7.09. The van der Waals surface area contributed by atoms with Crippen molar-refractivity contribution < 1.29 is 9.47 Å². The van der Waals surface area contributed by atoms with Gasteiger partial charge in [0, 0.05) is 16.9 Å². The van der Waals surface area contributed by atoms with Gasteiger partial charge < -0.3 is 14.4 Å². The van der Waals surface area contributed by atoms with Crippen LogP contribution in [0.1, 0.15) is 22.3 Å². The lowest BCUT2D eigenvalue weighted by Crippen LogP contribution is -2.25. The second-order valence-corrected chi connectivity index (χ2v) is 15.2. The van der Waals surface area contributed by atoms with Gasteiger partial charge >= 0.3 is 0 Å². The maximum Gasteiger partial charge on any atom is 0.194 e. The zero-order chi connectivity index (χ0) is 38.2. The fourth-order valence-corrected chi connectivity index (χ4v) is 9.69. The average molecular weight is 742 g/mol. The van der Waals surface area contributed by atoms with Crippen LogP contribution < -0.4 is 14.4 Å². The van der Waals surface area contributed by atoms with Crippen LogP contribution in [0, 0.1) is 0 Å². The molecule has 9 aromatic carbocycles.